The number of nitrogens with zero attached hydrogens (tertiary/aromatic N) is 3. The maximum Gasteiger partial charge on any atom is 0.141 e. The number of aromatic hydroxyl groups is 1. The molecule has 5 nitrogen and oxygen atoms in total. The summed E-state index contributed by atoms with van der Waals surface area (Å²) >= 11 is 5.91. The summed E-state index contributed by atoms with van der Waals surface area (Å²) in [6, 6.07) is 7.44. The molecule has 0 aliphatic carbocycles. The first-order valence-corrected chi connectivity index (χ1v) is 7.72. The Bertz CT molecular complexity index is 928. The van der Waals surface area contributed by atoms with E-state index in [1.54, 1.807) is 0 Å². The fourth-order valence-electron chi connectivity index (χ4n) is 2.55. The van der Waals surface area contributed by atoms with Gasteiger partial charge >= 0.3 is 0 Å². The molecule has 0 bridgehead atoms. The normalized spacial score (nSPS) is 13.6. The Hall–Kier alpha value is -2.51. The lowest BCUT2D eigenvalue weighted by Gasteiger charge is -2.23. The van der Waals surface area contributed by atoms with Crippen LogP contribution in [-0.2, 0) is 12.0 Å². The molecule has 2 N–H and O–H groups in total. The third kappa shape index (κ3) is 3.62. The topological polar surface area (TPSA) is 71.2 Å². The van der Waals surface area contributed by atoms with Crippen LogP contribution in [0.3, 0.4) is 0 Å². The largest absolute Gasteiger partial charge is 0.506 e. The van der Waals surface area contributed by atoms with E-state index in [0.717, 1.165) is 6.07 Å². The zero-order valence-electron chi connectivity index (χ0n) is 13.1. The third-order valence-electron chi connectivity index (χ3n) is 3.76. The van der Waals surface area contributed by atoms with Gasteiger partial charge < -0.3 is 10.2 Å². The molecule has 8 heteroatoms. The fraction of sp³-hybridized carbons (Fsp3) is 0.176. The molecule has 0 radical (unpaired) electrons. The van der Waals surface area contributed by atoms with Crippen molar-refractivity contribution in [2.24, 2.45) is 0 Å². The van der Waals surface area contributed by atoms with Crippen molar-refractivity contribution in [1.82, 2.24) is 15.0 Å². The van der Waals surface area contributed by atoms with E-state index in [-0.39, 0.29) is 17.7 Å². The maximum absolute atomic E-state index is 13.9. The van der Waals surface area contributed by atoms with Gasteiger partial charge in [0, 0.05) is 23.1 Å². The first-order valence-electron chi connectivity index (χ1n) is 7.34. The average Bonchev–Trinajstić information content (AvgIpc) is 2.96. The van der Waals surface area contributed by atoms with Crippen LogP contribution in [0.25, 0.3) is 5.69 Å². The van der Waals surface area contributed by atoms with Crippen LogP contribution >= 0.6 is 11.6 Å². The Labute approximate surface area is 147 Å². The van der Waals surface area contributed by atoms with Crippen LogP contribution in [0, 0.1) is 11.6 Å². The van der Waals surface area contributed by atoms with Crippen molar-refractivity contribution in [3.63, 3.8) is 0 Å². The van der Waals surface area contributed by atoms with Crippen LogP contribution < -0.4 is 0 Å². The van der Waals surface area contributed by atoms with Crippen LogP contribution in [0.2, 0.25) is 5.02 Å². The number of hydrogen-bond acceptors (Lipinski definition) is 4. The molecule has 1 atom stereocenters. The molecular weight excluding hydrogens is 352 g/mol. The quantitative estimate of drug-likeness (QED) is 0.743. The number of phenols is 1. The number of hydrogen-bond donors (Lipinski definition) is 2. The average molecular weight is 366 g/mol. The number of aliphatic hydroxyl groups is 1. The highest BCUT2D eigenvalue weighted by atomic mass is 35.5. The first-order chi connectivity index (χ1) is 11.8. The molecule has 25 heavy (non-hydrogen) atoms. The number of rotatable bonds is 4. The van der Waals surface area contributed by atoms with Gasteiger partial charge in [-0.2, -0.15) is 0 Å². The molecule has 1 aromatic heterocycles. The van der Waals surface area contributed by atoms with Crippen molar-refractivity contribution in [2.45, 2.75) is 18.9 Å². The van der Waals surface area contributed by atoms with E-state index in [0.29, 0.717) is 22.5 Å². The van der Waals surface area contributed by atoms with Gasteiger partial charge in [-0.25, -0.2) is 13.5 Å². The predicted octanol–water partition coefficient (Wildman–Crippen LogP) is 3.35. The van der Waals surface area contributed by atoms with Crippen LogP contribution in [0.15, 0.2) is 42.6 Å². The summed E-state index contributed by atoms with van der Waals surface area (Å²) in [6.45, 7) is 1.40. The lowest BCUT2D eigenvalue weighted by atomic mass is 9.91. The number of aromatic nitrogens is 3. The third-order valence-corrected chi connectivity index (χ3v) is 4.00. The number of halogens is 3. The molecule has 0 amide bonds. The molecule has 2 aromatic carbocycles. The second-order valence-electron chi connectivity index (χ2n) is 5.86. The van der Waals surface area contributed by atoms with E-state index in [2.05, 4.69) is 10.3 Å². The molecule has 0 aliphatic heterocycles. The lowest BCUT2D eigenvalue weighted by molar-refractivity contribution is 0.0526. The monoisotopic (exact) mass is 365 g/mol. The highest BCUT2D eigenvalue weighted by Gasteiger charge is 2.28. The minimum absolute atomic E-state index is 0.0443. The summed E-state index contributed by atoms with van der Waals surface area (Å²) in [6.07, 6.45) is 1.43. The minimum atomic E-state index is -1.62. The number of benzene rings is 2. The van der Waals surface area contributed by atoms with Crippen molar-refractivity contribution < 1.29 is 19.0 Å². The van der Waals surface area contributed by atoms with Crippen molar-refractivity contribution in [3.8, 4) is 11.4 Å². The minimum Gasteiger partial charge on any atom is -0.506 e. The molecule has 130 valence electrons. The molecule has 1 heterocycles. The molecule has 0 saturated heterocycles. The Morgan fingerprint density at radius 3 is 2.68 bits per heavy atom. The van der Waals surface area contributed by atoms with Crippen LogP contribution in [-0.4, -0.2) is 25.2 Å². The molecule has 0 saturated carbocycles. The summed E-state index contributed by atoms with van der Waals surface area (Å²) in [5.74, 6) is -1.61. The summed E-state index contributed by atoms with van der Waals surface area (Å²) in [5, 5.41) is 28.7. The van der Waals surface area contributed by atoms with Gasteiger partial charge in [-0.05, 0) is 31.2 Å². The van der Waals surface area contributed by atoms with E-state index in [4.69, 9.17) is 11.6 Å². The van der Waals surface area contributed by atoms with E-state index in [9.17, 15) is 19.0 Å². The second-order valence-corrected chi connectivity index (χ2v) is 6.30. The highest BCUT2D eigenvalue weighted by molar-refractivity contribution is 6.30. The standard InChI is InChI=1S/C17H14ClF2N3O2/c1-17(25,13-4-3-11(19)7-14(13)20)8-12-9-23(22-21-12)15-6-10(18)2-5-16(15)24/h2-7,9,24-25H,8H2,1H3. The zero-order valence-corrected chi connectivity index (χ0v) is 13.9. The Balaban J connectivity index is 1.89. The Morgan fingerprint density at radius 2 is 1.96 bits per heavy atom. The smallest absolute Gasteiger partial charge is 0.141 e. The van der Waals surface area contributed by atoms with E-state index >= 15 is 0 Å². The summed E-state index contributed by atoms with van der Waals surface area (Å²) < 4.78 is 28.3. The van der Waals surface area contributed by atoms with Crippen molar-refractivity contribution in [2.75, 3.05) is 0 Å². The first kappa shape index (κ1) is 17.3. The molecule has 3 aromatic rings. The van der Waals surface area contributed by atoms with Crippen molar-refractivity contribution in [3.05, 3.63) is 70.5 Å². The van der Waals surface area contributed by atoms with Gasteiger partial charge in [-0.15, -0.1) is 5.10 Å². The summed E-state index contributed by atoms with van der Waals surface area (Å²) in [4.78, 5) is 0. The maximum atomic E-state index is 13.9. The van der Waals surface area contributed by atoms with Gasteiger partial charge in [0.25, 0.3) is 0 Å². The van der Waals surface area contributed by atoms with E-state index in [1.807, 2.05) is 0 Å². The van der Waals surface area contributed by atoms with Crippen molar-refractivity contribution >= 4 is 11.6 Å². The van der Waals surface area contributed by atoms with Crippen LogP contribution in [0.4, 0.5) is 8.78 Å². The molecule has 3 rings (SSSR count). The second kappa shape index (κ2) is 6.42. The molecule has 0 spiro atoms. The van der Waals surface area contributed by atoms with Crippen molar-refractivity contribution in [1.29, 1.82) is 0 Å². The van der Waals surface area contributed by atoms with E-state index < -0.39 is 17.2 Å². The van der Waals surface area contributed by atoms with Gasteiger partial charge in [-0.3, -0.25) is 0 Å². The van der Waals surface area contributed by atoms with Gasteiger partial charge in [0.2, 0.25) is 0 Å². The summed E-state index contributed by atoms with van der Waals surface area (Å²) in [5.41, 5.74) is -0.990. The number of phenolic OH excluding ortho intramolecular Hbond substituents is 1. The van der Waals surface area contributed by atoms with Gasteiger partial charge in [-0.1, -0.05) is 22.9 Å². The fourth-order valence-corrected chi connectivity index (χ4v) is 2.72. The predicted molar refractivity (Wildman–Crippen MR) is 87.7 cm³/mol. The SMILES string of the molecule is CC(O)(Cc1cn(-c2cc(Cl)ccc2O)nn1)c1ccc(F)cc1F. The Morgan fingerprint density at radius 1 is 1.20 bits per heavy atom. The van der Waals surface area contributed by atoms with Crippen LogP contribution in [0.5, 0.6) is 5.75 Å². The molecule has 1 unspecified atom stereocenters. The highest BCUT2D eigenvalue weighted by Crippen LogP contribution is 2.29. The van der Waals surface area contributed by atoms with Crippen LogP contribution in [0.1, 0.15) is 18.2 Å². The zero-order chi connectivity index (χ0) is 18.2. The van der Waals surface area contributed by atoms with Gasteiger partial charge in [0.05, 0.1) is 17.5 Å². The Kier molecular flexibility index (Phi) is 4.45. The molecular formula is C17H14ClF2N3O2. The van der Waals surface area contributed by atoms with Gasteiger partial charge in [0.1, 0.15) is 23.1 Å². The lowest BCUT2D eigenvalue weighted by Crippen LogP contribution is -2.26. The van der Waals surface area contributed by atoms with Gasteiger partial charge in [0.15, 0.2) is 0 Å². The molecule has 0 aliphatic rings. The summed E-state index contributed by atoms with van der Waals surface area (Å²) in [7, 11) is 0. The van der Waals surface area contributed by atoms with E-state index in [1.165, 1.54) is 42.1 Å². The molecule has 0 fully saturated rings.